The molecule has 1 atom stereocenters. The van der Waals surface area contributed by atoms with E-state index in [1.165, 1.54) is 24.3 Å². The van der Waals surface area contributed by atoms with Gasteiger partial charge in [-0.05, 0) is 49.8 Å². The summed E-state index contributed by atoms with van der Waals surface area (Å²) in [5.74, 6) is -0.476. The highest BCUT2D eigenvalue weighted by molar-refractivity contribution is 7.91. The molecule has 6 nitrogen and oxygen atoms in total. The Bertz CT molecular complexity index is 1100. The first kappa shape index (κ1) is 22.8. The molecule has 0 spiro atoms. The van der Waals surface area contributed by atoms with Gasteiger partial charge in [-0.3, -0.25) is 9.69 Å². The number of hydrogen-bond acceptors (Lipinski definition) is 5. The summed E-state index contributed by atoms with van der Waals surface area (Å²) in [6.45, 7) is 8.10. The van der Waals surface area contributed by atoms with Crippen molar-refractivity contribution in [3.05, 3.63) is 83.6 Å². The topological polar surface area (TPSA) is 79.6 Å². The van der Waals surface area contributed by atoms with Crippen LogP contribution in [0.3, 0.4) is 0 Å². The molecule has 7 heteroatoms. The van der Waals surface area contributed by atoms with Crippen LogP contribution in [0, 0.1) is 6.92 Å². The SMILES string of the molecule is CCN(CC)C(CNC(=O)c1ccc(S(=O)(=O)c2ccc(C)cc2)o1)c1ccccc1. The predicted octanol–water partition coefficient (Wildman–Crippen LogP) is 4.23. The third-order valence-electron chi connectivity index (χ3n) is 5.29. The van der Waals surface area contributed by atoms with Crippen molar-refractivity contribution in [2.75, 3.05) is 19.6 Å². The molecule has 1 amide bonds. The van der Waals surface area contributed by atoms with Gasteiger partial charge in [-0.2, -0.15) is 0 Å². The summed E-state index contributed by atoms with van der Waals surface area (Å²) in [6.07, 6.45) is 0. The van der Waals surface area contributed by atoms with E-state index in [9.17, 15) is 13.2 Å². The van der Waals surface area contributed by atoms with Crippen molar-refractivity contribution < 1.29 is 17.6 Å². The predicted molar refractivity (Wildman–Crippen MR) is 120 cm³/mol. The lowest BCUT2D eigenvalue weighted by Gasteiger charge is -2.30. The van der Waals surface area contributed by atoms with Crippen molar-refractivity contribution in [1.82, 2.24) is 10.2 Å². The van der Waals surface area contributed by atoms with Crippen LogP contribution in [0.4, 0.5) is 0 Å². The molecule has 0 saturated carbocycles. The van der Waals surface area contributed by atoms with Gasteiger partial charge < -0.3 is 9.73 Å². The molecule has 1 N–H and O–H groups in total. The zero-order valence-corrected chi connectivity index (χ0v) is 18.9. The number of nitrogens with one attached hydrogen (secondary N) is 1. The smallest absolute Gasteiger partial charge is 0.287 e. The van der Waals surface area contributed by atoms with Gasteiger partial charge in [0.25, 0.3) is 5.91 Å². The van der Waals surface area contributed by atoms with E-state index in [2.05, 4.69) is 24.1 Å². The zero-order chi connectivity index (χ0) is 22.4. The fourth-order valence-corrected chi connectivity index (χ4v) is 4.67. The fourth-order valence-electron chi connectivity index (χ4n) is 3.49. The molecular weight excluding hydrogens is 412 g/mol. The van der Waals surface area contributed by atoms with E-state index < -0.39 is 15.7 Å². The highest BCUT2D eigenvalue weighted by Crippen LogP contribution is 2.24. The Morgan fingerprint density at radius 2 is 1.61 bits per heavy atom. The number of amides is 1. The third kappa shape index (κ3) is 5.24. The minimum Gasteiger partial charge on any atom is -0.439 e. The van der Waals surface area contributed by atoms with Crippen LogP contribution in [-0.4, -0.2) is 38.9 Å². The zero-order valence-electron chi connectivity index (χ0n) is 18.0. The summed E-state index contributed by atoms with van der Waals surface area (Å²) in [6, 6.07) is 19.2. The normalized spacial score (nSPS) is 12.6. The number of aryl methyl sites for hydroxylation is 1. The largest absolute Gasteiger partial charge is 0.439 e. The van der Waals surface area contributed by atoms with E-state index in [4.69, 9.17) is 4.42 Å². The number of sulfone groups is 1. The Balaban J connectivity index is 1.75. The minimum atomic E-state index is -3.82. The molecular formula is C24H28N2O4S. The van der Waals surface area contributed by atoms with Gasteiger partial charge in [-0.1, -0.05) is 61.9 Å². The Morgan fingerprint density at radius 3 is 2.23 bits per heavy atom. The van der Waals surface area contributed by atoms with Gasteiger partial charge in [0, 0.05) is 6.54 Å². The molecule has 1 aromatic heterocycles. The van der Waals surface area contributed by atoms with E-state index in [1.807, 2.05) is 37.3 Å². The van der Waals surface area contributed by atoms with Crippen LogP contribution in [0.15, 0.2) is 81.1 Å². The second-order valence-corrected chi connectivity index (χ2v) is 9.17. The molecule has 0 radical (unpaired) electrons. The number of furan rings is 1. The van der Waals surface area contributed by atoms with Crippen LogP contribution in [-0.2, 0) is 9.84 Å². The monoisotopic (exact) mass is 440 g/mol. The van der Waals surface area contributed by atoms with Crippen LogP contribution in [0.25, 0.3) is 0 Å². The first-order chi connectivity index (χ1) is 14.9. The van der Waals surface area contributed by atoms with Crippen molar-refractivity contribution in [1.29, 1.82) is 0 Å². The van der Waals surface area contributed by atoms with Gasteiger partial charge in [0.05, 0.1) is 10.9 Å². The summed E-state index contributed by atoms with van der Waals surface area (Å²) in [7, 11) is -3.82. The highest BCUT2D eigenvalue weighted by atomic mass is 32.2. The van der Waals surface area contributed by atoms with E-state index >= 15 is 0 Å². The van der Waals surface area contributed by atoms with Gasteiger partial charge in [-0.15, -0.1) is 0 Å². The lowest BCUT2D eigenvalue weighted by atomic mass is 10.1. The molecule has 164 valence electrons. The summed E-state index contributed by atoms with van der Waals surface area (Å²) in [5, 5.41) is 2.64. The Hall–Kier alpha value is -2.90. The molecule has 3 rings (SSSR count). The first-order valence-corrected chi connectivity index (χ1v) is 11.8. The maximum absolute atomic E-state index is 12.8. The fraction of sp³-hybridized carbons (Fsp3) is 0.292. The van der Waals surface area contributed by atoms with Crippen LogP contribution in [0.2, 0.25) is 0 Å². The first-order valence-electron chi connectivity index (χ1n) is 10.4. The Labute approximate surface area is 183 Å². The average molecular weight is 441 g/mol. The molecule has 0 aliphatic rings. The molecule has 1 unspecified atom stereocenters. The molecule has 0 aliphatic carbocycles. The Morgan fingerprint density at radius 1 is 0.968 bits per heavy atom. The van der Waals surface area contributed by atoms with Crippen LogP contribution in [0.1, 0.15) is 41.6 Å². The van der Waals surface area contributed by atoms with Crippen molar-refractivity contribution in [2.45, 2.75) is 36.8 Å². The molecule has 31 heavy (non-hydrogen) atoms. The van der Waals surface area contributed by atoms with Gasteiger partial charge in [0.1, 0.15) is 0 Å². The lowest BCUT2D eigenvalue weighted by molar-refractivity contribution is 0.0902. The molecule has 2 aromatic carbocycles. The Kier molecular flexibility index (Phi) is 7.30. The van der Waals surface area contributed by atoms with Crippen LogP contribution < -0.4 is 5.32 Å². The van der Waals surface area contributed by atoms with E-state index in [0.717, 1.165) is 24.2 Å². The molecule has 0 bridgehead atoms. The molecule has 1 heterocycles. The van der Waals surface area contributed by atoms with Crippen LogP contribution >= 0.6 is 0 Å². The van der Waals surface area contributed by atoms with Crippen molar-refractivity contribution in [2.24, 2.45) is 0 Å². The maximum atomic E-state index is 12.8. The van der Waals surface area contributed by atoms with Crippen LogP contribution in [0.5, 0.6) is 0 Å². The third-order valence-corrected chi connectivity index (χ3v) is 6.94. The number of nitrogens with zero attached hydrogens (tertiary/aromatic N) is 1. The second kappa shape index (κ2) is 9.94. The summed E-state index contributed by atoms with van der Waals surface area (Å²) < 4.78 is 31.0. The van der Waals surface area contributed by atoms with Crippen molar-refractivity contribution >= 4 is 15.7 Å². The molecule has 0 aliphatic heterocycles. The van der Waals surface area contributed by atoms with E-state index in [0.29, 0.717) is 6.54 Å². The van der Waals surface area contributed by atoms with Gasteiger partial charge in [0.2, 0.25) is 14.9 Å². The summed E-state index contributed by atoms with van der Waals surface area (Å²) in [5.41, 5.74) is 2.06. The quantitative estimate of drug-likeness (QED) is 0.539. The van der Waals surface area contributed by atoms with Gasteiger partial charge >= 0.3 is 0 Å². The molecule has 0 fully saturated rings. The van der Waals surface area contributed by atoms with Crippen molar-refractivity contribution in [3.63, 3.8) is 0 Å². The number of rotatable bonds is 9. The average Bonchev–Trinajstić information content (AvgIpc) is 3.29. The number of carbonyl (C=O) groups is 1. The second-order valence-electron chi connectivity index (χ2n) is 7.29. The number of hydrogen-bond donors (Lipinski definition) is 1. The minimum absolute atomic E-state index is 0.00544. The summed E-state index contributed by atoms with van der Waals surface area (Å²) >= 11 is 0. The van der Waals surface area contributed by atoms with E-state index in [1.54, 1.807) is 12.1 Å². The standard InChI is InChI=1S/C24H28N2O4S/c1-4-26(5-2)21(19-9-7-6-8-10-19)17-25-24(27)22-15-16-23(30-22)31(28,29)20-13-11-18(3)12-14-20/h6-16,21H,4-5,17H2,1-3H3,(H,25,27). The van der Waals surface area contributed by atoms with Gasteiger partial charge in [0.15, 0.2) is 5.76 Å². The maximum Gasteiger partial charge on any atom is 0.287 e. The number of benzene rings is 2. The lowest BCUT2D eigenvalue weighted by Crippen LogP contribution is -2.38. The number of carbonyl (C=O) groups excluding carboxylic acids is 1. The van der Waals surface area contributed by atoms with E-state index in [-0.39, 0.29) is 21.8 Å². The number of likely N-dealkylation sites (N-methyl/N-ethyl adjacent to an activating group) is 1. The van der Waals surface area contributed by atoms with Gasteiger partial charge in [-0.25, -0.2) is 8.42 Å². The molecule has 3 aromatic rings. The van der Waals surface area contributed by atoms with Crippen molar-refractivity contribution in [3.8, 4) is 0 Å². The highest BCUT2D eigenvalue weighted by Gasteiger charge is 2.24. The molecule has 0 saturated heterocycles. The summed E-state index contributed by atoms with van der Waals surface area (Å²) in [4.78, 5) is 15.1.